The fraction of sp³-hybridized carbons (Fsp3) is 0.625. The molecular formula is C16H24BrN. The van der Waals surface area contributed by atoms with E-state index in [-0.39, 0.29) is 0 Å². The molecule has 0 amide bonds. The summed E-state index contributed by atoms with van der Waals surface area (Å²) in [5, 5.41) is 3.56. The third-order valence-electron chi connectivity index (χ3n) is 4.23. The van der Waals surface area contributed by atoms with Crippen LogP contribution in [-0.4, -0.2) is 13.1 Å². The molecule has 0 radical (unpaired) electrons. The number of hydrogen-bond acceptors (Lipinski definition) is 1. The second-order valence-corrected chi connectivity index (χ2v) is 6.55. The van der Waals surface area contributed by atoms with E-state index in [0.29, 0.717) is 5.41 Å². The minimum absolute atomic E-state index is 0.399. The Morgan fingerprint density at radius 2 is 1.89 bits per heavy atom. The summed E-state index contributed by atoms with van der Waals surface area (Å²) in [6, 6.07) is 8.94. The van der Waals surface area contributed by atoms with Gasteiger partial charge in [-0.05, 0) is 43.0 Å². The fourth-order valence-corrected chi connectivity index (χ4v) is 3.57. The van der Waals surface area contributed by atoms with Gasteiger partial charge in [0.05, 0.1) is 0 Å². The molecule has 2 rings (SSSR count). The normalized spacial score (nSPS) is 26.9. The molecule has 0 spiro atoms. The van der Waals surface area contributed by atoms with Crippen molar-refractivity contribution in [1.29, 1.82) is 0 Å². The zero-order chi connectivity index (χ0) is 13.0. The Morgan fingerprint density at radius 1 is 1.22 bits per heavy atom. The van der Waals surface area contributed by atoms with Gasteiger partial charge in [-0.2, -0.15) is 0 Å². The predicted molar refractivity (Wildman–Crippen MR) is 82.0 cm³/mol. The highest BCUT2D eigenvalue weighted by Crippen LogP contribution is 2.49. The van der Waals surface area contributed by atoms with E-state index in [0.717, 1.165) is 19.0 Å². The Hall–Kier alpha value is -0.340. The van der Waals surface area contributed by atoms with Gasteiger partial charge in [0.25, 0.3) is 0 Å². The van der Waals surface area contributed by atoms with Gasteiger partial charge in [-0.3, -0.25) is 0 Å². The van der Waals surface area contributed by atoms with Crippen molar-refractivity contribution in [2.45, 2.75) is 44.9 Å². The van der Waals surface area contributed by atoms with Crippen LogP contribution in [0.25, 0.3) is 0 Å². The van der Waals surface area contributed by atoms with E-state index >= 15 is 0 Å². The summed E-state index contributed by atoms with van der Waals surface area (Å²) in [6.45, 7) is 6.68. The largest absolute Gasteiger partial charge is 0.316 e. The first-order valence-electron chi connectivity index (χ1n) is 7.17. The lowest BCUT2D eigenvalue weighted by Gasteiger charge is -2.49. The van der Waals surface area contributed by atoms with Gasteiger partial charge in [0.2, 0.25) is 0 Å². The third-order valence-corrected chi connectivity index (χ3v) is 4.75. The molecule has 1 N–H and O–H groups in total. The molecule has 1 aliphatic carbocycles. The molecule has 18 heavy (non-hydrogen) atoms. The number of likely N-dealkylation sites (N-methyl/N-ethyl adjacent to an activating group) is 1. The number of nitrogens with one attached hydrogen (secondary N) is 1. The first-order valence-corrected chi connectivity index (χ1v) is 7.96. The smallest absolute Gasteiger partial charge is 0.0175 e. The van der Waals surface area contributed by atoms with Crippen LogP contribution >= 0.6 is 15.9 Å². The van der Waals surface area contributed by atoms with E-state index in [1.807, 2.05) is 0 Å². The van der Waals surface area contributed by atoms with Crippen molar-refractivity contribution in [2.24, 2.45) is 5.92 Å². The second kappa shape index (κ2) is 6.21. The Kier molecular flexibility index (Phi) is 4.85. The highest BCUT2D eigenvalue weighted by Gasteiger charge is 2.44. The molecule has 1 aliphatic rings. The molecule has 0 saturated heterocycles. The van der Waals surface area contributed by atoms with Gasteiger partial charge < -0.3 is 5.32 Å². The summed E-state index contributed by atoms with van der Waals surface area (Å²) in [6.07, 6.45) is 5.43. The summed E-state index contributed by atoms with van der Waals surface area (Å²) in [5.74, 6) is 0.942. The van der Waals surface area contributed by atoms with Crippen molar-refractivity contribution in [1.82, 2.24) is 5.32 Å². The van der Waals surface area contributed by atoms with E-state index in [2.05, 4.69) is 59.4 Å². The van der Waals surface area contributed by atoms with Gasteiger partial charge in [-0.1, -0.05) is 54.8 Å². The van der Waals surface area contributed by atoms with E-state index in [9.17, 15) is 0 Å². The van der Waals surface area contributed by atoms with Crippen molar-refractivity contribution in [3.63, 3.8) is 0 Å². The summed E-state index contributed by atoms with van der Waals surface area (Å²) < 4.78 is 1.18. The van der Waals surface area contributed by atoms with Gasteiger partial charge in [0.1, 0.15) is 0 Å². The summed E-state index contributed by atoms with van der Waals surface area (Å²) in [5.41, 5.74) is 1.91. The highest BCUT2D eigenvalue weighted by molar-refractivity contribution is 9.10. The zero-order valence-corrected chi connectivity index (χ0v) is 13.1. The molecule has 100 valence electrons. The van der Waals surface area contributed by atoms with Crippen LogP contribution in [0.2, 0.25) is 0 Å². The maximum Gasteiger partial charge on any atom is 0.0175 e. The first-order chi connectivity index (χ1) is 8.70. The maximum absolute atomic E-state index is 3.56. The average Bonchev–Trinajstić information content (AvgIpc) is 2.33. The molecule has 1 saturated carbocycles. The minimum Gasteiger partial charge on any atom is -0.316 e. The molecule has 0 unspecified atom stereocenters. The van der Waals surface area contributed by atoms with Gasteiger partial charge in [0, 0.05) is 16.4 Å². The number of benzene rings is 1. The van der Waals surface area contributed by atoms with Crippen LogP contribution in [0, 0.1) is 5.92 Å². The fourth-order valence-electron chi connectivity index (χ4n) is 3.31. The SMILES string of the molecule is CCCC1CC(CNCC)(c2ccc(Br)cc2)C1. The lowest BCUT2D eigenvalue weighted by atomic mass is 9.57. The Labute approximate surface area is 119 Å². The van der Waals surface area contributed by atoms with Crippen molar-refractivity contribution in [2.75, 3.05) is 13.1 Å². The van der Waals surface area contributed by atoms with Gasteiger partial charge in [-0.25, -0.2) is 0 Å². The van der Waals surface area contributed by atoms with Gasteiger partial charge in [-0.15, -0.1) is 0 Å². The summed E-state index contributed by atoms with van der Waals surface area (Å²) >= 11 is 3.53. The maximum atomic E-state index is 3.56. The quantitative estimate of drug-likeness (QED) is 0.815. The summed E-state index contributed by atoms with van der Waals surface area (Å²) in [7, 11) is 0. The lowest BCUT2D eigenvalue weighted by molar-refractivity contribution is 0.129. The molecule has 0 aliphatic heterocycles. The summed E-state index contributed by atoms with van der Waals surface area (Å²) in [4.78, 5) is 0. The molecule has 0 atom stereocenters. The first kappa shape index (κ1) is 14.1. The Balaban J connectivity index is 2.09. The van der Waals surface area contributed by atoms with Crippen molar-refractivity contribution >= 4 is 15.9 Å². The van der Waals surface area contributed by atoms with Gasteiger partial charge >= 0.3 is 0 Å². The Bertz CT molecular complexity index is 365. The van der Waals surface area contributed by atoms with Crippen LogP contribution < -0.4 is 5.32 Å². The molecule has 1 nitrogen and oxygen atoms in total. The van der Waals surface area contributed by atoms with Crippen LogP contribution in [0.3, 0.4) is 0 Å². The number of hydrogen-bond donors (Lipinski definition) is 1. The molecule has 0 aromatic heterocycles. The van der Waals surface area contributed by atoms with E-state index in [1.54, 1.807) is 0 Å². The lowest BCUT2D eigenvalue weighted by Crippen LogP contribution is -2.48. The second-order valence-electron chi connectivity index (χ2n) is 5.63. The molecule has 0 bridgehead atoms. The molecule has 0 heterocycles. The van der Waals surface area contributed by atoms with Crippen molar-refractivity contribution in [3.8, 4) is 0 Å². The van der Waals surface area contributed by atoms with E-state index < -0.39 is 0 Å². The molecular weight excluding hydrogens is 286 g/mol. The van der Waals surface area contributed by atoms with Crippen LogP contribution in [-0.2, 0) is 5.41 Å². The monoisotopic (exact) mass is 309 g/mol. The molecule has 1 aromatic carbocycles. The molecule has 2 heteroatoms. The van der Waals surface area contributed by atoms with Crippen molar-refractivity contribution in [3.05, 3.63) is 34.3 Å². The van der Waals surface area contributed by atoms with Crippen LogP contribution in [0.5, 0.6) is 0 Å². The third kappa shape index (κ3) is 2.97. The molecule has 1 aromatic rings. The Morgan fingerprint density at radius 3 is 2.44 bits per heavy atom. The topological polar surface area (TPSA) is 12.0 Å². The average molecular weight is 310 g/mol. The number of halogens is 1. The molecule has 1 fully saturated rings. The van der Waals surface area contributed by atoms with Crippen LogP contribution in [0.4, 0.5) is 0 Å². The van der Waals surface area contributed by atoms with Crippen LogP contribution in [0.15, 0.2) is 28.7 Å². The zero-order valence-electron chi connectivity index (χ0n) is 11.5. The van der Waals surface area contributed by atoms with Crippen LogP contribution in [0.1, 0.15) is 45.1 Å². The number of rotatable bonds is 6. The highest BCUT2D eigenvalue weighted by atomic mass is 79.9. The van der Waals surface area contributed by atoms with E-state index in [1.165, 1.54) is 35.7 Å². The minimum atomic E-state index is 0.399. The van der Waals surface area contributed by atoms with Gasteiger partial charge in [0.15, 0.2) is 0 Å². The van der Waals surface area contributed by atoms with Crippen molar-refractivity contribution < 1.29 is 0 Å². The standard InChI is InChI=1S/C16H24BrN/c1-3-5-13-10-16(11-13,12-18-4-2)14-6-8-15(17)9-7-14/h6-9,13,18H,3-5,10-12H2,1-2H3. The van der Waals surface area contributed by atoms with E-state index in [4.69, 9.17) is 0 Å². The predicted octanol–water partition coefficient (Wildman–Crippen LogP) is 4.51.